The van der Waals surface area contributed by atoms with Crippen molar-refractivity contribution in [3.63, 3.8) is 0 Å². The van der Waals surface area contributed by atoms with Crippen LogP contribution >= 0.6 is 11.6 Å². The highest BCUT2D eigenvalue weighted by Gasteiger charge is 2.22. The highest BCUT2D eigenvalue weighted by atomic mass is 35.5. The Hall–Kier alpha value is -5.45. The molecule has 14 heteroatoms. The van der Waals surface area contributed by atoms with E-state index in [1.54, 1.807) is 55.5 Å². The van der Waals surface area contributed by atoms with Crippen LogP contribution in [0.3, 0.4) is 0 Å². The molecule has 244 valence electrons. The first-order chi connectivity index (χ1) is 22.4. The monoisotopic (exact) mass is 660 g/mol. The Labute approximate surface area is 276 Å². The van der Waals surface area contributed by atoms with Crippen molar-refractivity contribution < 1.29 is 33.1 Å². The van der Waals surface area contributed by atoms with E-state index in [4.69, 9.17) is 30.3 Å². The van der Waals surface area contributed by atoms with Crippen molar-refractivity contribution in [1.82, 2.24) is 15.5 Å². The molecule has 3 amide bonds. The van der Waals surface area contributed by atoms with Gasteiger partial charge in [0.1, 0.15) is 23.5 Å². The number of methoxy groups -OCH3 is 1. The molecule has 0 bridgehead atoms. The number of ether oxygens (including phenoxy) is 3. The maximum Gasteiger partial charge on any atom is 0.407 e. The lowest BCUT2D eigenvalue weighted by molar-refractivity contribution is -0.117. The van der Waals surface area contributed by atoms with Crippen LogP contribution in [0.25, 0.3) is 22.4 Å². The molecule has 0 spiro atoms. The minimum atomic E-state index is -0.696. The molecule has 0 aliphatic rings. The van der Waals surface area contributed by atoms with Crippen LogP contribution in [0, 0.1) is 11.3 Å². The number of halogens is 1. The summed E-state index contributed by atoms with van der Waals surface area (Å²) < 4.78 is 21.1. The van der Waals surface area contributed by atoms with Gasteiger partial charge in [-0.25, -0.2) is 9.78 Å². The quantitative estimate of drug-likeness (QED) is 0.152. The van der Waals surface area contributed by atoms with Crippen molar-refractivity contribution >= 4 is 41.0 Å². The normalized spacial score (nSPS) is 11.6. The largest absolute Gasteiger partial charge is 0.467 e. The molecule has 47 heavy (non-hydrogen) atoms. The number of hydrogen-bond acceptors (Lipinski definition) is 10. The number of nitrogens with one attached hydrogen (secondary N) is 3. The first-order valence-corrected chi connectivity index (χ1v) is 14.7. The SMILES string of the molecule is COCOc1cc(Cl)ccc1-c1cc(-c2cccc(NC(=O)C[C@H](C)OC(=O)NC(C)(C)C)c2)c(C#N)c(NC(=O)c2ccno2)n1. The predicted octanol–water partition coefficient (Wildman–Crippen LogP) is 6.41. The number of nitrogens with zero attached hydrogens (tertiary/aromatic N) is 3. The summed E-state index contributed by atoms with van der Waals surface area (Å²) in [5, 5.41) is 22.4. The van der Waals surface area contributed by atoms with Crippen molar-refractivity contribution in [2.24, 2.45) is 0 Å². The summed E-state index contributed by atoms with van der Waals surface area (Å²) in [6, 6.07) is 16.9. The molecule has 2 aromatic heterocycles. The fraction of sp³-hybridized carbons (Fsp3) is 0.273. The molecule has 0 fully saturated rings. The van der Waals surface area contributed by atoms with Crippen molar-refractivity contribution in [1.29, 1.82) is 5.26 Å². The maximum atomic E-state index is 13.0. The predicted molar refractivity (Wildman–Crippen MR) is 174 cm³/mol. The smallest absolute Gasteiger partial charge is 0.407 e. The molecule has 0 aliphatic heterocycles. The second-order valence-electron chi connectivity index (χ2n) is 11.3. The Morgan fingerprint density at radius 3 is 2.53 bits per heavy atom. The van der Waals surface area contributed by atoms with Crippen molar-refractivity contribution in [2.75, 3.05) is 24.5 Å². The average molecular weight is 661 g/mol. The molecule has 0 saturated carbocycles. The van der Waals surface area contributed by atoms with Gasteiger partial charge in [0, 0.05) is 40.6 Å². The number of aromatic nitrogens is 2. The summed E-state index contributed by atoms with van der Waals surface area (Å²) in [4.78, 5) is 42.5. The van der Waals surface area contributed by atoms with Gasteiger partial charge in [-0.2, -0.15) is 5.26 Å². The molecule has 1 atom stereocenters. The molecular weight excluding hydrogens is 628 g/mol. The molecular formula is C33H33ClN6O7. The summed E-state index contributed by atoms with van der Waals surface area (Å²) in [7, 11) is 1.47. The van der Waals surface area contributed by atoms with E-state index in [1.807, 2.05) is 20.8 Å². The number of nitriles is 1. The topological polar surface area (TPSA) is 178 Å². The number of anilines is 2. The van der Waals surface area contributed by atoms with Crippen LogP contribution in [0.5, 0.6) is 5.75 Å². The average Bonchev–Trinajstić information content (AvgIpc) is 3.54. The number of amides is 3. The Morgan fingerprint density at radius 1 is 1.06 bits per heavy atom. The fourth-order valence-corrected chi connectivity index (χ4v) is 4.53. The molecule has 4 rings (SSSR count). The van der Waals surface area contributed by atoms with E-state index in [0.717, 1.165) is 0 Å². The highest BCUT2D eigenvalue weighted by Crippen LogP contribution is 2.38. The first-order valence-electron chi connectivity index (χ1n) is 14.3. The van der Waals surface area contributed by atoms with E-state index in [1.165, 1.54) is 19.4 Å². The van der Waals surface area contributed by atoms with Gasteiger partial charge in [0.05, 0.1) is 18.3 Å². The molecule has 3 N–H and O–H groups in total. The molecule has 2 heterocycles. The molecule has 0 radical (unpaired) electrons. The Kier molecular flexibility index (Phi) is 11.1. The number of carbonyl (C=O) groups is 3. The van der Waals surface area contributed by atoms with Crippen molar-refractivity contribution in [3.8, 4) is 34.2 Å². The molecule has 0 aliphatic carbocycles. The van der Waals surface area contributed by atoms with E-state index in [2.05, 4.69) is 32.2 Å². The third-order valence-corrected chi connectivity index (χ3v) is 6.53. The zero-order valence-corrected chi connectivity index (χ0v) is 27.1. The Balaban J connectivity index is 1.70. The van der Waals surface area contributed by atoms with Crippen LogP contribution < -0.4 is 20.7 Å². The number of hydrogen-bond donors (Lipinski definition) is 3. The lowest BCUT2D eigenvalue weighted by Gasteiger charge is -2.22. The van der Waals surface area contributed by atoms with Crippen LogP contribution in [0.15, 0.2) is 65.3 Å². The second kappa shape index (κ2) is 15.2. The fourth-order valence-electron chi connectivity index (χ4n) is 4.36. The minimum Gasteiger partial charge on any atom is -0.467 e. The summed E-state index contributed by atoms with van der Waals surface area (Å²) in [5.41, 5.74) is 1.74. The lowest BCUT2D eigenvalue weighted by atomic mass is 9.97. The van der Waals surface area contributed by atoms with Crippen molar-refractivity contribution in [3.05, 3.63) is 77.1 Å². The van der Waals surface area contributed by atoms with Crippen LogP contribution in [0.4, 0.5) is 16.3 Å². The number of carbonyl (C=O) groups excluding carboxylic acids is 3. The van der Waals surface area contributed by atoms with E-state index in [-0.39, 0.29) is 30.4 Å². The minimum absolute atomic E-state index is 0.0466. The molecule has 2 aromatic carbocycles. The van der Waals surface area contributed by atoms with Crippen molar-refractivity contribution in [2.45, 2.75) is 45.8 Å². The van der Waals surface area contributed by atoms with E-state index < -0.39 is 29.6 Å². The van der Waals surface area contributed by atoms with Gasteiger partial charge in [0.15, 0.2) is 12.6 Å². The van der Waals surface area contributed by atoms with Gasteiger partial charge in [0.25, 0.3) is 5.91 Å². The van der Waals surface area contributed by atoms with Gasteiger partial charge in [-0.3, -0.25) is 9.59 Å². The number of pyridine rings is 1. The third-order valence-electron chi connectivity index (χ3n) is 6.29. The van der Waals surface area contributed by atoms with E-state index >= 15 is 0 Å². The van der Waals surface area contributed by atoms with E-state index in [0.29, 0.717) is 38.8 Å². The standard InChI is InChI=1S/C33H33ClN6O7/c1-19(46-32(43)40-33(2,3)4)13-29(41)37-22-8-6-7-20(14-22)24-16-26(23-10-9-21(34)15-28(23)45-18-44-5)38-30(25(24)17-35)39-31(42)27-11-12-36-47-27/h6-12,14-16,19H,13,18H2,1-5H3,(H,37,41)(H,40,43)(H,38,39,42)/t19-/m0/s1. The summed E-state index contributed by atoms with van der Waals surface area (Å²) >= 11 is 6.24. The summed E-state index contributed by atoms with van der Waals surface area (Å²) in [5.74, 6) is -0.853. The molecule has 13 nitrogen and oxygen atoms in total. The maximum absolute atomic E-state index is 13.0. The van der Waals surface area contributed by atoms with Gasteiger partial charge in [-0.15, -0.1) is 0 Å². The Morgan fingerprint density at radius 2 is 1.85 bits per heavy atom. The first kappa shape index (κ1) is 34.4. The van der Waals surface area contributed by atoms with Crippen LogP contribution in [-0.4, -0.2) is 53.6 Å². The summed E-state index contributed by atoms with van der Waals surface area (Å²) in [6.45, 7) is 7.00. The zero-order valence-electron chi connectivity index (χ0n) is 26.3. The highest BCUT2D eigenvalue weighted by molar-refractivity contribution is 6.30. The van der Waals surface area contributed by atoms with E-state index in [9.17, 15) is 19.6 Å². The Bertz CT molecular complexity index is 1800. The van der Waals surface area contributed by atoms with Crippen LogP contribution in [0.2, 0.25) is 5.02 Å². The van der Waals surface area contributed by atoms with Gasteiger partial charge in [-0.05, 0) is 69.7 Å². The van der Waals surface area contributed by atoms with Gasteiger partial charge >= 0.3 is 6.09 Å². The van der Waals surface area contributed by atoms with Gasteiger partial charge in [-0.1, -0.05) is 28.9 Å². The molecule has 4 aromatic rings. The van der Waals surface area contributed by atoms with Gasteiger partial charge in [0.2, 0.25) is 11.7 Å². The number of rotatable bonds is 11. The molecule has 0 saturated heterocycles. The van der Waals surface area contributed by atoms with Crippen LogP contribution in [-0.2, 0) is 14.3 Å². The number of alkyl carbamates (subject to hydrolysis) is 1. The second-order valence-corrected chi connectivity index (χ2v) is 11.8. The molecule has 0 unspecified atom stereocenters. The van der Waals surface area contributed by atoms with Gasteiger partial charge < -0.3 is 34.7 Å². The number of benzene rings is 2. The third kappa shape index (κ3) is 9.52. The lowest BCUT2D eigenvalue weighted by Crippen LogP contribution is -2.42. The zero-order chi connectivity index (χ0) is 34.1. The van der Waals surface area contributed by atoms with Crippen LogP contribution in [0.1, 0.15) is 50.2 Å². The summed E-state index contributed by atoms with van der Waals surface area (Å²) in [6.07, 6.45) is -0.100.